The van der Waals surface area contributed by atoms with Crippen molar-refractivity contribution in [2.45, 2.75) is 6.18 Å². The average molecular weight is 298 g/mol. The van der Waals surface area contributed by atoms with E-state index in [4.69, 9.17) is 11.6 Å². The molecule has 0 fully saturated rings. The SMILES string of the molecule is FC(F)(F)c1cnc(-n2ccc3cccnc32)c(Cl)c1. The molecule has 0 spiro atoms. The lowest BCUT2D eigenvalue weighted by atomic mass is 10.3. The summed E-state index contributed by atoms with van der Waals surface area (Å²) in [4.78, 5) is 7.98. The molecule has 0 radical (unpaired) electrons. The van der Waals surface area contributed by atoms with E-state index in [1.54, 1.807) is 29.1 Å². The van der Waals surface area contributed by atoms with Crippen molar-refractivity contribution in [2.24, 2.45) is 0 Å². The van der Waals surface area contributed by atoms with Gasteiger partial charge in [-0.1, -0.05) is 11.6 Å². The molecule has 0 bridgehead atoms. The average Bonchev–Trinajstić information content (AvgIpc) is 2.81. The van der Waals surface area contributed by atoms with E-state index in [1.165, 1.54) is 0 Å². The third kappa shape index (κ3) is 2.12. The molecule has 0 aliphatic carbocycles. The smallest absolute Gasteiger partial charge is 0.284 e. The van der Waals surface area contributed by atoms with Crippen LogP contribution in [0.25, 0.3) is 16.9 Å². The topological polar surface area (TPSA) is 30.7 Å². The maximum absolute atomic E-state index is 12.6. The monoisotopic (exact) mass is 297 g/mol. The van der Waals surface area contributed by atoms with Gasteiger partial charge in [0.2, 0.25) is 0 Å². The Bertz CT molecular complexity index is 780. The lowest BCUT2D eigenvalue weighted by Crippen LogP contribution is -2.07. The van der Waals surface area contributed by atoms with Gasteiger partial charge in [0.1, 0.15) is 5.65 Å². The Labute approximate surface area is 116 Å². The fourth-order valence-electron chi connectivity index (χ4n) is 1.90. The van der Waals surface area contributed by atoms with Crippen LogP contribution in [0.2, 0.25) is 5.02 Å². The van der Waals surface area contributed by atoms with Crippen LogP contribution in [-0.4, -0.2) is 14.5 Å². The summed E-state index contributed by atoms with van der Waals surface area (Å²) in [5.41, 5.74) is -0.294. The number of alkyl halides is 3. The van der Waals surface area contributed by atoms with Crippen molar-refractivity contribution in [2.75, 3.05) is 0 Å². The molecule has 0 aliphatic heterocycles. The Morgan fingerprint density at radius 1 is 1.15 bits per heavy atom. The van der Waals surface area contributed by atoms with E-state index in [-0.39, 0.29) is 10.8 Å². The molecule has 7 heteroatoms. The largest absolute Gasteiger partial charge is 0.417 e. The van der Waals surface area contributed by atoms with Crippen LogP contribution in [0.15, 0.2) is 42.9 Å². The van der Waals surface area contributed by atoms with Crippen molar-refractivity contribution in [3.63, 3.8) is 0 Å². The zero-order chi connectivity index (χ0) is 14.3. The van der Waals surface area contributed by atoms with Gasteiger partial charge >= 0.3 is 6.18 Å². The van der Waals surface area contributed by atoms with E-state index in [9.17, 15) is 13.2 Å². The van der Waals surface area contributed by atoms with Crippen LogP contribution in [0.5, 0.6) is 0 Å². The first-order chi connectivity index (χ1) is 9.47. The summed E-state index contributed by atoms with van der Waals surface area (Å²) in [6.45, 7) is 0. The highest BCUT2D eigenvalue weighted by molar-refractivity contribution is 6.32. The molecule has 3 heterocycles. The molecule has 0 amide bonds. The molecule has 0 saturated heterocycles. The maximum Gasteiger partial charge on any atom is 0.417 e. The number of nitrogens with zero attached hydrogens (tertiary/aromatic N) is 3. The molecule has 3 aromatic heterocycles. The molecule has 3 aromatic rings. The highest BCUT2D eigenvalue weighted by Crippen LogP contribution is 2.32. The number of hydrogen-bond acceptors (Lipinski definition) is 2. The molecule has 0 saturated carbocycles. The number of hydrogen-bond donors (Lipinski definition) is 0. The summed E-state index contributed by atoms with van der Waals surface area (Å²) in [5.74, 6) is 0.216. The van der Waals surface area contributed by atoms with Crippen LogP contribution >= 0.6 is 11.6 Å². The van der Waals surface area contributed by atoms with Crippen molar-refractivity contribution in [1.82, 2.24) is 14.5 Å². The second kappa shape index (κ2) is 4.49. The van der Waals surface area contributed by atoms with Gasteiger partial charge in [-0.2, -0.15) is 13.2 Å². The highest BCUT2D eigenvalue weighted by Gasteiger charge is 2.31. The number of halogens is 4. The van der Waals surface area contributed by atoms with E-state index in [0.717, 1.165) is 17.6 Å². The Morgan fingerprint density at radius 3 is 2.65 bits per heavy atom. The van der Waals surface area contributed by atoms with Gasteiger partial charge in [-0.15, -0.1) is 0 Å². The van der Waals surface area contributed by atoms with Gasteiger partial charge in [0.25, 0.3) is 0 Å². The standard InChI is InChI=1S/C13H7ClF3N3/c14-10-6-9(13(15,16)17)7-19-12(10)20-5-3-8-2-1-4-18-11(8)20/h1-7H. The fraction of sp³-hybridized carbons (Fsp3) is 0.0769. The Morgan fingerprint density at radius 2 is 1.95 bits per heavy atom. The number of aromatic nitrogens is 3. The first kappa shape index (κ1) is 12.9. The molecule has 0 N–H and O–H groups in total. The summed E-state index contributed by atoms with van der Waals surface area (Å²) in [5, 5.41) is 0.772. The lowest BCUT2D eigenvalue weighted by Gasteiger charge is -2.10. The van der Waals surface area contributed by atoms with Gasteiger partial charge in [0.05, 0.1) is 10.6 Å². The number of pyridine rings is 2. The van der Waals surface area contributed by atoms with E-state index in [2.05, 4.69) is 9.97 Å². The quantitative estimate of drug-likeness (QED) is 0.677. The highest BCUT2D eigenvalue weighted by atomic mass is 35.5. The second-order valence-electron chi connectivity index (χ2n) is 4.13. The molecular weight excluding hydrogens is 291 g/mol. The van der Waals surface area contributed by atoms with Gasteiger partial charge in [0.15, 0.2) is 5.82 Å². The fourth-order valence-corrected chi connectivity index (χ4v) is 2.16. The first-order valence-electron chi connectivity index (χ1n) is 5.62. The maximum atomic E-state index is 12.6. The van der Waals surface area contributed by atoms with Gasteiger partial charge in [-0.25, -0.2) is 9.97 Å². The number of fused-ring (bicyclic) bond motifs is 1. The predicted octanol–water partition coefficient (Wildman–Crippen LogP) is 4.09. The van der Waals surface area contributed by atoms with Crippen LogP contribution in [0.3, 0.4) is 0 Å². The summed E-state index contributed by atoms with van der Waals surface area (Å²) in [6, 6.07) is 6.27. The molecule has 102 valence electrons. The van der Waals surface area contributed by atoms with E-state index < -0.39 is 11.7 Å². The normalized spacial score (nSPS) is 12.0. The van der Waals surface area contributed by atoms with E-state index in [1.807, 2.05) is 6.07 Å². The first-order valence-corrected chi connectivity index (χ1v) is 6.00. The van der Waals surface area contributed by atoms with Gasteiger partial charge in [-0.05, 0) is 24.3 Å². The van der Waals surface area contributed by atoms with E-state index in [0.29, 0.717) is 5.65 Å². The molecule has 0 aromatic carbocycles. The molecule has 3 rings (SSSR count). The predicted molar refractivity (Wildman–Crippen MR) is 68.9 cm³/mol. The van der Waals surface area contributed by atoms with Crippen molar-refractivity contribution in [1.29, 1.82) is 0 Å². The van der Waals surface area contributed by atoms with Crippen molar-refractivity contribution >= 4 is 22.6 Å². The third-order valence-electron chi connectivity index (χ3n) is 2.83. The van der Waals surface area contributed by atoms with Crippen molar-refractivity contribution in [3.8, 4) is 5.82 Å². The Balaban J connectivity index is 2.16. The third-order valence-corrected chi connectivity index (χ3v) is 3.10. The Hall–Kier alpha value is -2.08. The minimum absolute atomic E-state index is 0.0806. The zero-order valence-electron chi connectivity index (χ0n) is 9.89. The molecule has 0 aliphatic rings. The van der Waals surface area contributed by atoms with Crippen molar-refractivity contribution < 1.29 is 13.2 Å². The van der Waals surface area contributed by atoms with Crippen LogP contribution in [0, 0.1) is 0 Å². The summed E-state index contributed by atoms with van der Waals surface area (Å²) >= 11 is 5.92. The second-order valence-corrected chi connectivity index (χ2v) is 4.54. The van der Waals surface area contributed by atoms with Crippen molar-refractivity contribution in [3.05, 3.63) is 53.4 Å². The minimum Gasteiger partial charge on any atom is -0.284 e. The van der Waals surface area contributed by atoms with Gasteiger partial charge in [0, 0.05) is 24.0 Å². The van der Waals surface area contributed by atoms with Crippen LogP contribution in [0.1, 0.15) is 5.56 Å². The zero-order valence-corrected chi connectivity index (χ0v) is 10.7. The van der Waals surface area contributed by atoms with Crippen LogP contribution in [0.4, 0.5) is 13.2 Å². The summed E-state index contributed by atoms with van der Waals surface area (Å²) < 4.78 is 39.3. The Kier molecular flexibility index (Phi) is 2.90. The summed E-state index contributed by atoms with van der Waals surface area (Å²) in [7, 11) is 0. The molecular formula is C13H7ClF3N3. The number of rotatable bonds is 1. The molecule has 20 heavy (non-hydrogen) atoms. The molecule has 0 unspecified atom stereocenters. The molecule has 3 nitrogen and oxygen atoms in total. The van der Waals surface area contributed by atoms with Crippen LogP contribution in [-0.2, 0) is 6.18 Å². The van der Waals surface area contributed by atoms with E-state index >= 15 is 0 Å². The summed E-state index contributed by atoms with van der Waals surface area (Å²) in [6.07, 6.45) is -0.446. The van der Waals surface area contributed by atoms with Crippen LogP contribution < -0.4 is 0 Å². The minimum atomic E-state index is -4.47. The van der Waals surface area contributed by atoms with Gasteiger partial charge in [-0.3, -0.25) is 4.57 Å². The molecule has 0 atom stereocenters. The lowest BCUT2D eigenvalue weighted by molar-refractivity contribution is -0.137. The van der Waals surface area contributed by atoms with Gasteiger partial charge < -0.3 is 0 Å².